The quantitative estimate of drug-likeness (QED) is 0.816. The zero-order valence-corrected chi connectivity index (χ0v) is 16.7. The zero-order valence-electron chi connectivity index (χ0n) is 15.8. The first-order chi connectivity index (χ1) is 12.3. The number of piperidine rings is 1. The minimum Gasteiger partial charge on any atom is -0.352 e. The predicted molar refractivity (Wildman–Crippen MR) is 102 cm³/mol. The van der Waals surface area contributed by atoms with Gasteiger partial charge >= 0.3 is 0 Å². The Balaban J connectivity index is 1.83. The number of hydrogen-bond acceptors (Lipinski definition) is 4. The highest BCUT2D eigenvalue weighted by Gasteiger charge is 2.30. The molecule has 0 aromatic heterocycles. The molecular weight excluding hydrogens is 350 g/mol. The van der Waals surface area contributed by atoms with Crippen molar-refractivity contribution in [2.24, 2.45) is 11.8 Å². The zero-order chi connectivity index (χ0) is 18.9. The smallest absolute Gasteiger partial charge is 0.251 e. The molecule has 1 aromatic rings. The van der Waals surface area contributed by atoms with Crippen LogP contribution in [0, 0.1) is 25.7 Å². The number of amides is 1. The second-order valence-electron chi connectivity index (χ2n) is 7.74. The third kappa shape index (κ3) is 3.94. The van der Waals surface area contributed by atoms with Crippen molar-refractivity contribution in [1.82, 2.24) is 14.9 Å². The van der Waals surface area contributed by atoms with Gasteiger partial charge in [-0.3, -0.25) is 4.79 Å². The van der Waals surface area contributed by atoms with Gasteiger partial charge in [0.15, 0.2) is 0 Å². The number of benzene rings is 1. The molecule has 0 saturated carbocycles. The van der Waals surface area contributed by atoms with E-state index in [1.165, 1.54) is 0 Å². The second-order valence-corrected chi connectivity index (χ2v) is 9.64. The summed E-state index contributed by atoms with van der Waals surface area (Å²) in [6.07, 6.45) is 1.76. The number of hydrogen-bond donors (Lipinski definition) is 2. The molecule has 26 heavy (non-hydrogen) atoms. The average molecular weight is 380 g/mol. The molecule has 0 radical (unpaired) electrons. The van der Waals surface area contributed by atoms with Crippen LogP contribution < -0.4 is 10.6 Å². The molecule has 1 aromatic carbocycles. The van der Waals surface area contributed by atoms with Crippen LogP contribution in [0.2, 0.25) is 0 Å². The molecule has 0 unspecified atom stereocenters. The molecule has 7 heteroatoms. The highest BCUT2D eigenvalue weighted by atomic mass is 32.2. The van der Waals surface area contributed by atoms with Gasteiger partial charge in [-0.2, -0.15) is 4.31 Å². The Morgan fingerprint density at radius 1 is 1.23 bits per heavy atom. The van der Waals surface area contributed by atoms with E-state index in [9.17, 15) is 13.2 Å². The molecule has 0 aliphatic carbocycles. The predicted octanol–water partition coefficient (Wildman–Crippen LogP) is 1.67. The van der Waals surface area contributed by atoms with E-state index in [2.05, 4.69) is 17.6 Å². The number of nitrogens with one attached hydrogen (secondary N) is 2. The van der Waals surface area contributed by atoms with Crippen molar-refractivity contribution in [3.63, 3.8) is 0 Å². The first-order valence-electron chi connectivity index (χ1n) is 9.39. The monoisotopic (exact) mass is 379 g/mol. The Morgan fingerprint density at radius 2 is 1.88 bits per heavy atom. The molecule has 0 spiro atoms. The van der Waals surface area contributed by atoms with Crippen LogP contribution in [0.5, 0.6) is 0 Å². The maximum absolute atomic E-state index is 13.1. The van der Waals surface area contributed by atoms with Crippen LogP contribution in [0.3, 0.4) is 0 Å². The summed E-state index contributed by atoms with van der Waals surface area (Å²) in [4.78, 5) is 12.8. The van der Waals surface area contributed by atoms with Crippen LogP contribution in [0.25, 0.3) is 0 Å². The van der Waals surface area contributed by atoms with Crippen LogP contribution in [-0.2, 0) is 10.0 Å². The van der Waals surface area contributed by atoms with E-state index in [-0.39, 0.29) is 10.8 Å². The average Bonchev–Trinajstić information content (AvgIpc) is 2.55. The molecule has 3 rings (SSSR count). The van der Waals surface area contributed by atoms with Gasteiger partial charge in [-0.1, -0.05) is 6.92 Å². The van der Waals surface area contributed by atoms with E-state index in [1.807, 2.05) is 13.8 Å². The van der Waals surface area contributed by atoms with Gasteiger partial charge in [-0.05, 0) is 55.9 Å². The van der Waals surface area contributed by atoms with E-state index in [0.717, 1.165) is 37.1 Å². The Hall–Kier alpha value is -1.44. The largest absolute Gasteiger partial charge is 0.352 e. The van der Waals surface area contributed by atoms with E-state index in [1.54, 1.807) is 16.4 Å². The molecule has 0 bridgehead atoms. The van der Waals surface area contributed by atoms with E-state index < -0.39 is 10.0 Å². The molecule has 1 amide bonds. The summed E-state index contributed by atoms with van der Waals surface area (Å²) in [5.74, 6) is 0.815. The summed E-state index contributed by atoms with van der Waals surface area (Å²) in [5.41, 5.74) is 1.97. The van der Waals surface area contributed by atoms with Crippen molar-refractivity contribution >= 4 is 15.9 Å². The first kappa shape index (κ1) is 19.3. The Bertz CT molecular complexity index is 779. The van der Waals surface area contributed by atoms with Gasteiger partial charge in [-0.15, -0.1) is 0 Å². The summed E-state index contributed by atoms with van der Waals surface area (Å²) in [6, 6.07) is 3.32. The minimum absolute atomic E-state index is 0.205. The SMILES string of the molecule is Cc1cc(C(=O)NCC2CNC2)cc(S(=O)(=O)N2CCC(C)CC2)c1C. The Morgan fingerprint density at radius 3 is 2.46 bits per heavy atom. The fourth-order valence-electron chi connectivity index (χ4n) is 3.42. The van der Waals surface area contributed by atoms with Gasteiger partial charge in [0, 0.05) is 44.2 Å². The number of sulfonamides is 1. The first-order valence-corrected chi connectivity index (χ1v) is 10.8. The van der Waals surface area contributed by atoms with Gasteiger partial charge in [0.1, 0.15) is 0 Å². The number of aryl methyl sites for hydroxylation is 1. The number of carbonyl (C=O) groups is 1. The lowest BCUT2D eigenvalue weighted by Gasteiger charge is -2.30. The number of nitrogens with zero attached hydrogens (tertiary/aromatic N) is 1. The van der Waals surface area contributed by atoms with Crippen LogP contribution in [-0.4, -0.2) is 51.4 Å². The normalized spacial score (nSPS) is 20.0. The van der Waals surface area contributed by atoms with Gasteiger partial charge in [0.2, 0.25) is 10.0 Å². The van der Waals surface area contributed by atoms with Gasteiger partial charge in [-0.25, -0.2) is 8.42 Å². The van der Waals surface area contributed by atoms with Gasteiger partial charge in [0.05, 0.1) is 4.90 Å². The molecule has 2 N–H and O–H groups in total. The molecule has 6 nitrogen and oxygen atoms in total. The maximum atomic E-state index is 13.1. The highest BCUT2D eigenvalue weighted by molar-refractivity contribution is 7.89. The van der Waals surface area contributed by atoms with Crippen LogP contribution in [0.1, 0.15) is 41.3 Å². The van der Waals surface area contributed by atoms with Crippen molar-refractivity contribution in [2.75, 3.05) is 32.7 Å². The van der Waals surface area contributed by atoms with E-state index in [4.69, 9.17) is 0 Å². The molecular formula is C19H29N3O3S. The van der Waals surface area contributed by atoms with Crippen molar-refractivity contribution in [1.29, 1.82) is 0 Å². The molecule has 2 heterocycles. The lowest BCUT2D eigenvalue weighted by Crippen LogP contribution is -2.48. The number of rotatable bonds is 5. The molecule has 2 aliphatic heterocycles. The third-order valence-electron chi connectivity index (χ3n) is 5.66. The minimum atomic E-state index is -3.58. The maximum Gasteiger partial charge on any atom is 0.251 e. The summed E-state index contributed by atoms with van der Waals surface area (Å²) in [5, 5.41) is 6.10. The summed E-state index contributed by atoms with van der Waals surface area (Å²) in [7, 11) is -3.58. The van der Waals surface area contributed by atoms with Crippen LogP contribution in [0.4, 0.5) is 0 Å². The topological polar surface area (TPSA) is 78.5 Å². The van der Waals surface area contributed by atoms with Crippen LogP contribution in [0.15, 0.2) is 17.0 Å². The molecule has 2 saturated heterocycles. The summed E-state index contributed by atoms with van der Waals surface area (Å²) < 4.78 is 27.9. The molecule has 2 aliphatic rings. The lowest BCUT2D eigenvalue weighted by atomic mass is 10.0. The Labute approximate surface area is 156 Å². The van der Waals surface area contributed by atoms with E-state index >= 15 is 0 Å². The van der Waals surface area contributed by atoms with Crippen molar-refractivity contribution in [2.45, 2.75) is 38.5 Å². The van der Waals surface area contributed by atoms with Crippen molar-refractivity contribution < 1.29 is 13.2 Å². The summed E-state index contributed by atoms with van der Waals surface area (Å²) in [6.45, 7) is 9.38. The molecule has 0 atom stereocenters. The highest BCUT2D eigenvalue weighted by Crippen LogP contribution is 2.28. The van der Waals surface area contributed by atoms with Crippen molar-refractivity contribution in [3.05, 3.63) is 28.8 Å². The second kappa shape index (κ2) is 7.66. The third-order valence-corrected chi connectivity index (χ3v) is 7.68. The van der Waals surface area contributed by atoms with Gasteiger partial charge in [0.25, 0.3) is 5.91 Å². The van der Waals surface area contributed by atoms with Gasteiger partial charge < -0.3 is 10.6 Å². The Kier molecular flexibility index (Phi) is 5.69. The van der Waals surface area contributed by atoms with E-state index in [0.29, 0.717) is 37.0 Å². The summed E-state index contributed by atoms with van der Waals surface area (Å²) >= 11 is 0. The van der Waals surface area contributed by atoms with Crippen molar-refractivity contribution in [3.8, 4) is 0 Å². The fourth-order valence-corrected chi connectivity index (χ4v) is 5.22. The lowest BCUT2D eigenvalue weighted by molar-refractivity contribution is 0.0942. The molecule has 144 valence electrons. The molecule has 2 fully saturated rings. The standard InChI is InChI=1S/C19H29N3O3S/c1-13-4-6-22(7-5-13)26(24,25)18-9-17(8-14(2)15(18)3)19(23)21-12-16-10-20-11-16/h8-9,13,16,20H,4-7,10-12H2,1-3H3,(H,21,23). The number of carbonyl (C=O) groups excluding carboxylic acids is 1. The van der Waals surface area contributed by atoms with Crippen LogP contribution >= 0.6 is 0 Å². The fraction of sp³-hybridized carbons (Fsp3) is 0.632.